The van der Waals surface area contributed by atoms with Gasteiger partial charge in [0.15, 0.2) is 0 Å². The Morgan fingerprint density at radius 2 is 1.67 bits per heavy atom. The van der Waals surface area contributed by atoms with Crippen molar-refractivity contribution in [2.24, 2.45) is 5.73 Å². The van der Waals surface area contributed by atoms with Gasteiger partial charge >= 0.3 is 0 Å². The number of hydrogen-bond acceptors (Lipinski definition) is 8. The van der Waals surface area contributed by atoms with Gasteiger partial charge in [0.05, 0.1) is 40.3 Å². The molecule has 2 atom stereocenters. The molecule has 2 saturated carbocycles. The van der Waals surface area contributed by atoms with Crippen molar-refractivity contribution in [2.75, 3.05) is 11.4 Å². The van der Waals surface area contributed by atoms with E-state index in [0.29, 0.717) is 77.6 Å². The van der Waals surface area contributed by atoms with Crippen LogP contribution in [0.4, 0.5) is 11.6 Å². The molecule has 0 unspecified atom stereocenters. The molecule has 0 bridgehead atoms. The van der Waals surface area contributed by atoms with Crippen molar-refractivity contribution in [3.8, 4) is 6.07 Å². The highest BCUT2D eigenvalue weighted by atomic mass is 35.5. The minimum atomic E-state index is -1.35. The fourth-order valence-corrected chi connectivity index (χ4v) is 8.24. The number of nitrogens with zero attached hydrogens (tertiary/aromatic N) is 6. The number of likely N-dealkylation sites (tertiary alicyclic amines) is 1. The molecule has 8 rings (SSSR count). The average molecular weight is 781 g/mol. The molecule has 4 aliphatic rings. The van der Waals surface area contributed by atoms with E-state index in [0.717, 1.165) is 5.56 Å². The molecule has 16 heteroatoms. The second-order valence-electron chi connectivity index (χ2n) is 14.9. The molecule has 3 fully saturated rings. The number of nitrogens with two attached hydrogens (primary N) is 1. The zero-order chi connectivity index (χ0) is 38.9. The summed E-state index contributed by atoms with van der Waals surface area (Å²) in [5.74, 6) is -2.01. The quantitative estimate of drug-likeness (QED) is 0.212. The Kier molecular flexibility index (Phi) is 8.70. The third kappa shape index (κ3) is 6.27. The summed E-state index contributed by atoms with van der Waals surface area (Å²) in [6.07, 6.45) is 6.23. The predicted molar refractivity (Wildman–Crippen MR) is 200 cm³/mol. The molecule has 1 saturated heterocycles. The summed E-state index contributed by atoms with van der Waals surface area (Å²) < 4.78 is 1.58. The Balaban J connectivity index is 1.03. The highest BCUT2D eigenvalue weighted by molar-refractivity contribution is 6.35. The van der Waals surface area contributed by atoms with Crippen LogP contribution in [0, 0.1) is 11.3 Å². The first-order chi connectivity index (χ1) is 26.3. The summed E-state index contributed by atoms with van der Waals surface area (Å²) in [6.45, 7) is 2.15. The van der Waals surface area contributed by atoms with E-state index in [1.165, 1.54) is 22.2 Å². The van der Waals surface area contributed by atoms with E-state index >= 15 is 0 Å². The zero-order valence-electron chi connectivity index (χ0n) is 29.6. The standard InChI is InChI=1S/C39H35Cl2N9O5/c1-37(18-22-4-6-23(19-42)7-5-22)35(55)49(27-16-25(40)15-26(41)17-27)36-45-21-29(50(36)37)32(52)46-39(12-13-39)34(54)47-38(10-11-38)30-9-8-24(20-44-30)33(53)48-14-2-3-28(48)31(43)51/h4-9,15-17,20-21,28H,2-3,10-14,18H2,1H3,(H2,43,51)(H,46,52)(H,47,54)/t28-,37+/m0/s1. The minimum absolute atomic E-state index is 0.0776. The highest BCUT2D eigenvalue weighted by Crippen LogP contribution is 2.48. The van der Waals surface area contributed by atoms with Crippen molar-refractivity contribution in [1.29, 1.82) is 5.26 Å². The molecule has 4 N–H and O–H groups in total. The summed E-state index contributed by atoms with van der Waals surface area (Å²) in [4.78, 5) is 79.4. The number of fused-ring (bicyclic) bond motifs is 1. The number of nitrogens with one attached hydrogen (secondary N) is 2. The van der Waals surface area contributed by atoms with E-state index in [9.17, 15) is 29.2 Å². The molecule has 2 aliphatic carbocycles. The maximum atomic E-state index is 14.4. The molecule has 0 radical (unpaired) electrons. The van der Waals surface area contributed by atoms with Crippen LogP contribution in [-0.2, 0) is 31.9 Å². The summed E-state index contributed by atoms with van der Waals surface area (Å²) in [7, 11) is 0. The third-order valence-electron chi connectivity index (χ3n) is 11.1. The van der Waals surface area contributed by atoms with Gasteiger partial charge in [-0.25, -0.2) is 9.88 Å². The number of pyridine rings is 1. The van der Waals surface area contributed by atoms with Crippen LogP contribution in [0.5, 0.6) is 0 Å². The van der Waals surface area contributed by atoms with E-state index in [1.54, 1.807) is 66.1 Å². The number of hydrogen-bond donors (Lipinski definition) is 3. The molecule has 4 heterocycles. The maximum absolute atomic E-state index is 14.4. The van der Waals surface area contributed by atoms with Crippen LogP contribution >= 0.6 is 23.2 Å². The first-order valence-corrected chi connectivity index (χ1v) is 18.6. The summed E-state index contributed by atoms with van der Waals surface area (Å²) in [5.41, 5.74) is 4.75. The lowest BCUT2D eigenvalue weighted by Crippen LogP contribution is -2.52. The number of halogens is 2. The van der Waals surface area contributed by atoms with Crippen molar-refractivity contribution in [1.82, 2.24) is 30.1 Å². The third-order valence-corrected chi connectivity index (χ3v) is 11.5. The number of anilines is 2. The Morgan fingerprint density at radius 3 is 2.27 bits per heavy atom. The Labute approximate surface area is 325 Å². The Morgan fingerprint density at radius 1 is 0.964 bits per heavy atom. The molecule has 280 valence electrons. The van der Waals surface area contributed by atoms with E-state index < -0.39 is 34.5 Å². The molecule has 4 aromatic rings. The van der Waals surface area contributed by atoms with E-state index in [-0.39, 0.29) is 35.8 Å². The SMILES string of the molecule is C[C@@]1(Cc2ccc(C#N)cc2)C(=O)N(c2cc(Cl)cc(Cl)c2)c2ncc(C(=O)NC3(C(=O)NC4(c5ccc(C(=O)N6CCC[C@H]6C(N)=O)cn5)CC4)CC3)n21. The van der Waals surface area contributed by atoms with E-state index in [2.05, 4.69) is 26.7 Å². The zero-order valence-corrected chi connectivity index (χ0v) is 31.2. The Hall–Kier alpha value is -5.78. The topological polar surface area (TPSA) is 196 Å². The lowest BCUT2D eigenvalue weighted by Gasteiger charge is -2.27. The lowest BCUT2D eigenvalue weighted by molar-refractivity contribution is -0.125. The van der Waals surface area contributed by atoms with Gasteiger partial charge in [-0.05, 0) is 93.5 Å². The summed E-state index contributed by atoms with van der Waals surface area (Å²) in [6, 6.07) is 16.4. The van der Waals surface area contributed by atoms with Gasteiger partial charge in [0, 0.05) is 29.2 Å². The van der Waals surface area contributed by atoms with Crippen LogP contribution in [0.2, 0.25) is 10.0 Å². The molecule has 0 spiro atoms. The molecule has 14 nitrogen and oxygen atoms in total. The van der Waals surface area contributed by atoms with E-state index in [4.69, 9.17) is 28.9 Å². The smallest absolute Gasteiger partial charge is 0.270 e. The van der Waals surface area contributed by atoms with Gasteiger partial charge in [-0.1, -0.05) is 35.3 Å². The first-order valence-electron chi connectivity index (χ1n) is 17.9. The number of carbonyl (C=O) groups excluding carboxylic acids is 5. The highest BCUT2D eigenvalue weighted by Gasteiger charge is 2.57. The molecule has 55 heavy (non-hydrogen) atoms. The van der Waals surface area contributed by atoms with Crippen LogP contribution < -0.4 is 21.3 Å². The average Bonchev–Trinajstić information content (AvgIpc) is 3.98. The van der Waals surface area contributed by atoms with Crippen LogP contribution in [-0.4, -0.2) is 67.1 Å². The van der Waals surface area contributed by atoms with Gasteiger partial charge in [0.2, 0.25) is 17.8 Å². The van der Waals surface area contributed by atoms with Crippen molar-refractivity contribution in [3.05, 3.63) is 105 Å². The van der Waals surface area contributed by atoms with Crippen molar-refractivity contribution in [3.63, 3.8) is 0 Å². The summed E-state index contributed by atoms with van der Waals surface area (Å²) in [5, 5.41) is 16.0. The van der Waals surface area contributed by atoms with E-state index in [1.807, 2.05) is 0 Å². The van der Waals surface area contributed by atoms with Crippen molar-refractivity contribution in [2.45, 2.75) is 74.5 Å². The van der Waals surface area contributed by atoms with Gasteiger partial charge in [-0.15, -0.1) is 0 Å². The minimum Gasteiger partial charge on any atom is -0.368 e. The molecule has 5 amide bonds. The van der Waals surface area contributed by atoms with Crippen LogP contribution in [0.3, 0.4) is 0 Å². The number of primary amides is 1. The van der Waals surface area contributed by atoms with Gasteiger partial charge in [0.1, 0.15) is 22.8 Å². The number of amides is 5. The van der Waals surface area contributed by atoms with Crippen molar-refractivity contribution >= 4 is 64.4 Å². The van der Waals surface area contributed by atoms with Gasteiger partial charge in [0.25, 0.3) is 17.7 Å². The number of benzene rings is 2. The second-order valence-corrected chi connectivity index (χ2v) is 15.7. The Bertz CT molecular complexity index is 2310. The van der Waals surface area contributed by atoms with Gasteiger partial charge in [-0.3, -0.25) is 33.5 Å². The maximum Gasteiger partial charge on any atom is 0.270 e. The number of rotatable bonds is 10. The van der Waals surface area contributed by atoms with Crippen LogP contribution in [0.1, 0.15) is 83.1 Å². The normalized spacial score (nSPS) is 21.4. The number of nitriles is 1. The first kappa shape index (κ1) is 36.2. The second kappa shape index (κ2) is 13.2. The van der Waals surface area contributed by atoms with Gasteiger partial charge < -0.3 is 21.3 Å². The summed E-state index contributed by atoms with van der Waals surface area (Å²) >= 11 is 12.7. The van der Waals surface area contributed by atoms with Gasteiger partial charge in [-0.2, -0.15) is 5.26 Å². The van der Waals surface area contributed by atoms with Crippen LogP contribution in [0.25, 0.3) is 0 Å². The van der Waals surface area contributed by atoms with Crippen LogP contribution in [0.15, 0.2) is 67.0 Å². The fourth-order valence-electron chi connectivity index (χ4n) is 7.72. The monoisotopic (exact) mass is 779 g/mol. The predicted octanol–water partition coefficient (Wildman–Crippen LogP) is 4.25. The molecule has 2 aliphatic heterocycles. The molecular weight excluding hydrogens is 745 g/mol. The fraction of sp³-hybridized carbons (Fsp3) is 0.333. The lowest BCUT2D eigenvalue weighted by atomic mass is 9.91. The molecular formula is C39H35Cl2N9O5. The molecule has 2 aromatic heterocycles. The number of imidazole rings is 1. The number of carbonyl (C=O) groups is 5. The largest absolute Gasteiger partial charge is 0.368 e. The van der Waals surface area contributed by atoms with Crippen molar-refractivity contribution < 1.29 is 24.0 Å². The molecule has 2 aromatic carbocycles. The number of aromatic nitrogens is 3.